The lowest BCUT2D eigenvalue weighted by Gasteiger charge is -2.39. The smallest absolute Gasteiger partial charge is 0.418 e. The number of carbonyl (C=O) groups excluding carboxylic acids is 3. The highest BCUT2D eigenvalue weighted by molar-refractivity contribution is 7.80. The molecule has 2 heterocycles. The standard InChI is InChI=1S/C17H30N4O9S.C16H36N/c1-5-8-19(16(24)29-17(2,3)4)9-10-28-18-14(22)13-7-6-12-11-20(13)15(23)21(12)30-31(25,26)27;1-5-9-13-17(14-10-6-2,15-11-7-3)16-12-8-4/h12-13H,5-11H2,1-4H3,(H,18,22)(H,25,26,27);5-16H2,1-4H3/q;+1/t12-,13+;/m1./s1. The van der Waals surface area contributed by atoms with Crippen molar-refractivity contribution in [3.05, 3.63) is 0 Å². The lowest BCUT2D eigenvalue weighted by atomic mass is 10.0. The minimum Gasteiger partial charge on any atom is -0.444 e. The Labute approximate surface area is 290 Å². The van der Waals surface area contributed by atoms with Gasteiger partial charge in [0.1, 0.15) is 11.6 Å². The summed E-state index contributed by atoms with van der Waals surface area (Å²) >= 11 is 0. The molecule has 0 aliphatic carbocycles. The van der Waals surface area contributed by atoms with E-state index >= 15 is 0 Å². The van der Waals surface area contributed by atoms with Crippen LogP contribution in [0.2, 0.25) is 0 Å². The molecule has 2 saturated heterocycles. The number of hydrogen-bond donors (Lipinski definition) is 2. The third-order valence-corrected chi connectivity index (χ3v) is 8.87. The van der Waals surface area contributed by atoms with Gasteiger partial charge in [-0.25, -0.2) is 15.1 Å². The molecule has 0 saturated carbocycles. The topological polar surface area (TPSA) is 155 Å². The third-order valence-electron chi connectivity index (χ3n) is 8.53. The number of amides is 4. The molecule has 48 heavy (non-hydrogen) atoms. The average molecular weight is 709 g/mol. The second-order valence-electron chi connectivity index (χ2n) is 13.9. The molecule has 2 N–H and O–H groups in total. The molecule has 2 rings (SSSR count). The fraction of sp³-hybridized carbons (Fsp3) is 0.909. The number of nitrogens with zero attached hydrogens (tertiary/aromatic N) is 4. The molecule has 2 aliphatic rings. The van der Waals surface area contributed by atoms with Crippen LogP contribution in [0.25, 0.3) is 0 Å². The Morgan fingerprint density at radius 1 is 0.896 bits per heavy atom. The zero-order valence-corrected chi connectivity index (χ0v) is 31.8. The van der Waals surface area contributed by atoms with Crippen molar-refractivity contribution in [2.24, 2.45) is 0 Å². The molecule has 282 valence electrons. The predicted octanol–water partition coefficient (Wildman–Crippen LogP) is 5.69. The van der Waals surface area contributed by atoms with Gasteiger partial charge in [0, 0.05) is 19.6 Å². The van der Waals surface area contributed by atoms with Crippen LogP contribution in [0, 0.1) is 0 Å². The van der Waals surface area contributed by atoms with Gasteiger partial charge in [-0.1, -0.05) is 60.3 Å². The van der Waals surface area contributed by atoms with Gasteiger partial charge in [-0.15, -0.1) is 4.28 Å². The second-order valence-corrected chi connectivity index (χ2v) is 14.9. The van der Waals surface area contributed by atoms with Crippen LogP contribution in [0.4, 0.5) is 9.59 Å². The lowest BCUT2D eigenvalue weighted by Crippen LogP contribution is -2.50. The van der Waals surface area contributed by atoms with Crippen LogP contribution in [0.1, 0.15) is 126 Å². The molecule has 2 bridgehead atoms. The normalized spacial score (nSPS) is 18.0. The maximum Gasteiger partial charge on any atom is 0.418 e. The first-order valence-electron chi connectivity index (χ1n) is 18.1. The molecule has 0 unspecified atom stereocenters. The maximum atomic E-state index is 12.5. The van der Waals surface area contributed by atoms with Crippen LogP contribution >= 0.6 is 0 Å². The van der Waals surface area contributed by atoms with Crippen LogP contribution in [-0.4, -0.2) is 120 Å². The minimum absolute atomic E-state index is 0.00622. The summed E-state index contributed by atoms with van der Waals surface area (Å²) in [7, 11) is -4.86. The van der Waals surface area contributed by atoms with Gasteiger partial charge in [0.25, 0.3) is 5.91 Å². The number of hydroxylamine groups is 3. The second kappa shape index (κ2) is 21.8. The summed E-state index contributed by atoms with van der Waals surface area (Å²) in [5.74, 6) is -0.584. The monoisotopic (exact) mass is 708 g/mol. The molecule has 14 nitrogen and oxygen atoms in total. The van der Waals surface area contributed by atoms with Gasteiger partial charge in [-0.3, -0.25) is 14.2 Å². The number of piperidine rings is 1. The predicted molar refractivity (Wildman–Crippen MR) is 185 cm³/mol. The van der Waals surface area contributed by atoms with Crippen molar-refractivity contribution in [1.82, 2.24) is 20.3 Å². The molecule has 15 heteroatoms. The Kier molecular flexibility index (Phi) is 19.9. The molecule has 0 radical (unpaired) electrons. The molecular formula is C33H66N5O9S+. The van der Waals surface area contributed by atoms with Crippen LogP contribution in [-0.2, 0) is 29.1 Å². The van der Waals surface area contributed by atoms with E-state index < -0.39 is 46.1 Å². The number of fused-ring (bicyclic) bond motifs is 2. The average Bonchev–Trinajstić information content (AvgIpc) is 3.24. The number of nitrogens with one attached hydrogen (secondary N) is 1. The van der Waals surface area contributed by atoms with Crippen molar-refractivity contribution in [3.63, 3.8) is 0 Å². The number of rotatable bonds is 21. The molecule has 0 aromatic carbocycles. The summed E-state index contributed by atoms with van der Waals surface area (Å²) in [4.78, 5) is 44.8. The Hall–Kier alpha value is -2.20. The van der Waals surface area contributed by atoms with Crippen molar-refractivity contribution in [2.75, 3.05) is 52.4 Å². The first-order chi connectivity index (χ1) is 22.6. The maximum absolute atomic E-state index is 12.5. The van der Waals surface area contributed by atoms with Crippen molar-refractivity contribution < 1.29 is 45.7 Å². The zero-order valence-electron chi connectivity index (χ0n) is 31.0. The lowest BCUT2D eigenvalue weighted by molar-refractivity contribution is -0.929. The first-order valence-corrected chi connectivity index (χ1v) is 19.4. The summed E-state index contributed by atoms with van der Waals surface area (Å²) in [5.41, 5.74) is 1.63. The fourth-order valence-corrected chi connectivity index (χ4v) is 6.37. The van der Waals surface area contributed by atoms with Crippen molar-refractivity contribution in [2.45, 2.75) is 144 Å². The Morgan fingerprint density at radius 3 is 1.85 bits per heavy atom. The molecule has 0 spiro atoms. The number of carbonyl (C=O) groups is 3. The highest BCUT2D eigenvalue weighted by Gasteiger charge is 2.49. The van der Waals surface area contributed by atoms with Crippen molar-refractivity contribution >= 4 is 28.4 Å². The summed E-state index contributed by atoms with van der Waals surface area (Å²) < 4.78 is 41.7. The van der Waals surface area contributed by atoms with E-state index in [0.29, 0.717) is 24.4 Å². The highest BCUT2D eigenvalue weighted by Crippen LogP contribution is 2.30. The van der Waals surface area contributed by atoms with E-state index in [-0.39, 0.29) is 26.1 Å². The summed E-state index contributed by atoms with van der Waals surface area (Å²) in [6.45, 7) is 23.0. The summed E-state index contributed by atoms with van der Waals surface area (Å²) in [5, 5.41) is 0.562. The number of ether oxygens (including phenoxy) is 1. The number of unbranched alkanes of at least 4 members (excludes halogenated alkanes) is 4. The first kappa shape index (κ1) is 43.8. The van der Waals surface area contributed by atoms with Crippen LogP contribution < -0.4 is 5.48 Å². The third kappa shape index (κ3) is 16.0. The van der Waals surface area contributed by atoms with Gasteiger partial charge in [-0.05, 0) is 65.7 Å². The Morgan fingerprint density at radius 2 is 1.42 bits per heavy atom. The zero-order chi connectivity index (χ0) is 36.4. The molecule has 2 fully saturated rings. The van der Waals surface area contributed by atoms with E-state index in [4.69, 9.17) is 14.1 Å². The summed E-state index contributed by atoms with van der Waals surface area (Å²) in [6.07, 6.45) is 11.9. The highest BCUT2D eigenvalue weighted by atomic mass is 32.3. The van der Waals surface area contributed by atoms with Gasteiger partial charge in [0.2, 0.25) is 0 Å². The van der Waals surface area contributed by atoms with Gasteiger partial charge >= 0.3 is 22.5 Å². The van der Waals surface area contributed by atoms with Crippen LogP contribution in [0.15, 0.2) is 0 Å². The van der Waals surface area contributed by atoms with E-state index in [1.54, 1.807) is 20.8 Å². The summed E-state index contributed by atoms with van der Waals surface area (Å²) in [6, 6.07) is -2.30. The minimum atomic E-state index is -4.86. The molecule has 0 aromatic rings. The number of quaternary nitrogens is 1. The van der Waals surface area contributed by atoms with Crippen molar-refractivity contribution in [1.29, 1.82) is 0 Å². The largest absolute Gasteiger partial charge is 0.444 e. The molecular weight excluding hydrogens is 642 g/mol. The Bertz CT molecular complexity index is 1030. The van der Waals surface area contributed by atoms with Crippen LogP contribution in [0.3, 0.4) is 0 Å². The SMILES string of the molecule is CCCC[N+](CCCC)(CCCC)CCCC.CCCN(CCONC(=O)[C@@H]1CC[C@@H]2CN1C(=O)N2OS(=O)(=O)O)C(=O)OC(C)(C)C. The number of hydrogen-bond acceptors (Lipinski definition) is 8. The Balaban J connectivity index is 0.000000576. The van der Waals surface area contributed by atoms with E-state index in [0.717, 1.165) is 4.90 Å². The molecule has 2 aliphatic heterocycles. The molecule has 0 aromatic heterocycles. The van der Waals surface area contributed by atoms with E-state index in [1.165, 1.54) is 86.9 Å². The van der Waals surface area contributed by atoms with Crippen molar-refractivity contribution in [3.8, 4) is 0 Å². The van der Waals surface area contributed by atoms with E-state index in [2.05, 4.69) is 37.5 Å². The van der Waals surface area contributed by atoms with E-state index in [9.17, 15) is 22.8 Å². The van der Waals surface area contributed by atoms with Gasteiger partial charge in [-0.2, -0.15) is 13.5 Å². The van der Waals surface area contributed by atoms with Gasteiger partial charge in [0.05, 0.1) is 38.8 Å². The van der Waals surface area contributed by atoms with E-state index in [1.807, 2.05) is 6.92 Å². The number of urea groups is 1. The fourth-order valence-electron chi connectivity index (χ4n) is 5.99. The van der Waals surface area contributed by atoms with Gasteiger partial charge in [0.15, 0.2) is 0 Å². The molecule has 4 amide bonds. The van der Waals surface area contributed by atoms with Crippen LogP contribution in [0.5, 0.6) is 0 Å². The molecule has 2 atom stereocenters. The quantitative estimate of drug-likeness (QED) is 0.0663. The van der Waals surface area contributed by atoms with Gasteiger partial charge < -0.3 is 19.0 Å².